The van der Waals surface area contributed by atoms with E-state index in [0.29, 0.717) is 0 Å². The molecule has 2 heteroatoms. The highest BCUT2D eigenvalue weighted by atomic mass is 16.5. The normalized spacial score (nSPS) is 13.9. The minimum Gasteiger partial charge on any atom is -0.368 e. The standard InChI is InChI=1S/C7H14O2/c1-5(2)9-7(4)6(3)8/h5,7H,1-4H3. The van der Waals surface area contributed by atoms with Crippen molar-refractivity contribution in [3.8, 4) is 0 Å². The second kappa shape index (κ2) is 3.62. The first-order chi connectivity index (χ1) is 4.04. The molecule has 0 N–H and O–H groups in total. The van der Waals surface area contributed by atoms with Crippen LogP contribution in [-0.4, -0.2) is 18.0 Å². The SMILES string of the molecule is CC(=O)C(C)OC(C)C. The van der Waals surface area contributed by atoms with Crippen LogP contribution in [0, 0.1) is 0 Å². The Balaban J connectivity index is 3.50. The zero-order chi connectivity index (χ0) is 7.44. The van der Waals surface area contributed by atoms with Gasteiger partial charge in [0.1, 0.15) is 6.10 Å². The smallest absolute Gasteiger partial charge is 0.158 e. The van der Waals surface area contributed by atoms with Gasteiger partial charge in [-0.3, -0.25) is 4.79 Å². The molecule has 0 radical (unpaired) electrons. The third-order valence-corrected chi connectivity index (χ3v) is 1.05. The molecule has 1 atom stereocenters. The molecule has 0 heterocycles. The largest absolute Gasteiger partial charge is 0.368 e. The monoisotopic (exact) mass is 130 g/mol. The molecule has 0 aliphatic heterocycles. The van der Waals surface area contributed by atoms with Crippen molar-refractivity contribution in [2.75, 3.05) is 0 Å². The van der Waals surface area contributed by atoms with Gasteiger partial charge in [-0.2, -0.15) is 0 Å². The lowest BCUT2D eigenvalue weighted by Crippen LogP contribution is -2.21. The molecule has 0 spiro atoms. The van der Waals surface area contributed by atoms with Crippen LogP contribution in [0.25, 0.3) is 0 Å². The third-order valence-electron chi connectivity index (χ3n) is 1.05. The van der Waals surface area contributed by atoms with Crippen LogP contribution in [0.15, 0.2) is 0 Å². The molecular weight excluding hydrogens is 116 g/mol. The van der Waals surface area contributed by atoms with Crippen molar-refractivity contribution < 1.29 is 9.53 Å². The zero-order valence-corrected chi connectivity index (χ0v) is 6.47. The predicted molar refractivity (Wildman–Crippen MR) is 36.4 cm³/mol. The summed E-state index contributed by atoms with van der Waals surface area (Å²) in [5.74, 6) is 0.0868. The lowest BCUT2D eigenvalue weighted by atomic mass is 10.3. The maximum atomic E-state index is 10.6. The molecule has 0 saturated carbocycles. The third kappa shape index (κ3) is 4.15. The quantitative estimate of drug-likeness (QED) is 0.577. The van der Waals surface area contributed by atoms with Crippen molar-refractivity contribution in [3.05, 3.63) is 0 Å². The van der Waals surface area contributed by atoms with Gasteiger partial charge < -0.3 is 4.74 Å². The fourth-order valence-electron chi connectivity index (χ4n) is 0.504. The average Bonchev–Trinajstić information content (AvgIpc) is 1.63. The molecule has 9 heavy (non-hydrogen) atoms. The average molecular weight is 130 g/mol. The summed E-state index contributed by atoms with van der Waals surface area (Å²) in [6.07, 6.45) is -0.103. The van der Waals surface area contributed by atoms with Gasteiger partial charge in [-0.1, -0.05) is 0 Å². The number of rotatable bonds is 3. The summed E-state index contributed by atoms with van der Waals surface area (Å²) in [4.78, 5) is 10.6. The molecule has 1 unspecified atom stereocenters. The van der Waals surface area contributed by atoms with Gasteiger partial charge in [-0.15, -0.1) is 0 Å². The van der Waals surface area contributed by atoms with Crippen LogP contribution >= 0.6 is 0 Å². The molecule has 0 aromatic heterocycles. The topological polar surface area (TPSA) is 26.3 Å². The Morgan fingerprint density at radius 3 is 1.89 bits per heavy atom. The lowest BCUT2D eigenvalue weighted by Gasteiger charge is -2.11. The summed E-state index contributed by atoms with van der Waals surface area (Å²) in [5, 5.41) is 0. The van der Waals surface area contributed by atoms with Crippen LogP contribution in [0.3, 0.4) is 0 Å². The maximum Gasteiger partial charge on any atom is 0.158 e. The van der Waals surface area contributed by atoms with E-state index >= 15 is 0 Å². The van der Waals surface area contributed by atoms with Gasteiger partial charge in [-0.25, -0.2) is 0 Å². The number of hydrogen-bond acceptors (Lipinski definition) is 2. The van der Waals surface area contributed by atoms with E-state index in [9.17, 15) is 4.79 Å². The molecule has 0 saturated heterocycles. The number of Topliss-reactive ketones (excluding diaryl/α,β-unsaturated/α-hetero) is 1. The highest BCUT2D eigenvalue weighted by molar-refractivity contribution is 5.79. The van der Waals surface area contributed by atoms with E-state index in [1.54, 1.807) is 6.92 Å². The minimum atomic E-state index is -0.245. The molecular formula is C7H14O2. The van der Waals surface area contributed by atoms with Gasteiger partial charge in [0.05, 0.1) is 6.10 Å². The Hall–Kier alpha value is -0.370. The van der Waals surface area contributed by atoms with Gasteiger partial charge in [-0.05, 0) is 27.7 Å². The van der Waals surface area contributed by atoms with Crippen molar-refractivity contribution in [2.45, 2.75) is 39.9 Å². The first-order valence-corrected chi connectivity index (χ1v) is 3.20. The summed E-state index contributed by atoms with van der Waals surface area (Å²) in [7, 11) is 0. The number of hydrogen-bond donors (Lipinski definition) is 0. The van der Waals surface area contributed by atoms with Crippen LogP contribution in [0.4, 0.5) is 0 Å². The van der Waals surface area contributed by atoms with E-state index < -0.39 is 0 Å². The second-order valence-corrected chi connectivity index (χ2v) is 2.44. The Bertz CT molecular complexity index is 97.1. The Morgan fingerprint density at radius 2 is 1.78 bits per heavy atom. The van der Waals surface area contributed by atoms with Gasteiger partial charge >= 0.3 is 0 Å². The van der Waals surface area contributed by atoms with Crippen molar-refractivity contribution in [2.24, 2.45) is 0 Å². The van der Waals surface area contributed by atoms with Gasteiger partial charge in [0, 0.05) is 0 Å². The van der Waals surface area contributed by atoms with Crippen molar-refractivity contribution >= 4 is 5.78 Å². The van der Waals surface area contributed by atoms with E-state index in [-0.39, 0.29) is 18.0 Å². The minimum absolute atomic E-state index is 0.0868. The van der Waals surface area contributed by atoms with Crippen LogP contribution < -0.4 is 0 Å². The molecule has 0 aliphatic rings. The molecule has 0 aromatic rings. The zero-order valence-electron chi connectivity index (χ0n) is 6.47. The van der Waals surface area contributed by atoms with Gasteiger partial charge in [0.15, 0.2) is 5.78 Å². The summed E-state index contributed by atoms with van der Waals surface area (Å²) in [5.41, 5.74) is 0. The summed E-state index contributed by atoms with van der Waals surface area (Å²) in [6.45, 7) is 7.13. The molecule has 54 valence electrons. The number of carbonyl (C=O) groups is 1. The molecule has 2 nitrogen and oxygen atoms in total. The first kappa shape index (κ1) is 8.63. The van der Waals surface area contributed by atoms with E-state index in [0.717, 1.165) is 0 Å². The van der Waals surface area contributed by atoms with Crippen LogP contribution in [0.1, 0.15) is 27.7 Å². The Kier molecular flexibility index (Phi) is 3.47. The molecule has 0 aliphatic carbocycles. The van der Waals surface area contributed by atoms with Crippen LogP contribution in [-0.2, 0) is 9.53 Å². The summed E-state index contributed by atoms with van der Waals surface area (Å²) < 4.78 is 5.16. The molecule has 0 fully saturated rings. The van der Waals surface area contributed by atoms with Gasteiger partial charge in [0.25, 0.3) is 0 Å². The molecule has 0 bridgehead atoms. The van der Waals surface area contributed by atoms with Crippen LogP contribution in [0.2, 0.25) is 0 Å². The fourth-order valence-corrected chi connectivity index (χ4v) is 0.504. The summed E-state index contributed by atoms with van der Waals surface area (Å²) in [6, 6.07) is 0. The predicted octanol–water partition coefficient (Wildman–Crippen LogP) is 1.39. The first-order valence-electron chi connectivity index (χ1n) is 3.20. The highest BCUT2D eigenvalue weighted by Gasteiger charge is 2.08. The van der Waals surface area contributed by atoms with Crippen molar-refractivity contribution in [1.29, 1.82) is 0 Å². The fraction of sp³-hybridized carbons (Fsp3) is 0.857. The van der Waals surface area contributed by atoms with Crippen molar-refractivity contribution in [3.63, 3.8) is 0 Å². The number of carbonyl (C=O) groups excluding carboxylic acids is 1. The summed E-state index contributed by atoms with van der Waals surface area (Å²) >= 11 is 0. The van der Waals surface area contributed by atoms with Gasteiger partial charge in [0.2, 0.25) is 0 Å². The van der Waals surface area contributed by atoms with Crippen LogP contribution in [0.5, 0.6) is 0 Å². The second-order valence-electron chi connectivity index (χ2n) is 2.44. The van der Waals surface area contributed by atoms with E-state index in [1.807, 2.05) is 13.8 Å². The molecule has 0 rings (SSSR count). The van der Waals surface area contributed by atoms with E-state index in [2.05, 4.69) is 0 Å². The maximum absolute atomic E-state index is 10.6. The molecule has 0 amide bonds. The van der Waals surface area contributed by atoms with E-state index in [4.69, 9.17) is 4.74 Å². The Morgan fingerprint density at radius 1 is 1.33 bits per heavy atom. The highest BCUT2D eigenvalue weighted by Crippen LogP contribution is 1.96. The van der Waals surface area contributed by atoms with E-state index in [1.165, 1.54) is 6.92 Å². The van der Waals surface area contributed by atoms with Crippen molar-refractivity contribution in [1.82, 2.24) is 0 Å². The lowest BCUT2D eigenvalue weighted by molar-refractivity contribution is -0.129. The molecule has 0 aromatic carbocycles. The number of ketones is 1. The Labute approximate surface area is 56.2 Å². The number of ether oxygens (including phenoxy) is 1.